The van der Waals surface area contributed by atoms with E-state index < -0.39 is 0 Å². The molecular formula is C21H21ClN4O2S. The lowest BCUT2D eigenvalue weighted by atomic mass is 10.1. The third-order valence-electron chi connectivity index (χ3n) is 4.15. The maximum atomic E-state index is 12.3. The van der Waals surface area contributed by atoms with E-state index in [1.54, 1.807) is 24.3 Å². The van der Waals surface area contributed by atoms with Crippen LogP contribution in [-0.4, -0.2) is 22.0 Å². The number of rotatable bonds is 8. The molecule has 2 aromatic carbocycles. The number of nitrogens with zero attached hydrogens (tertiary/aromatic N) is 2. The van der Waals surface area contributed by atoms with Crippen LogP contribution in [0.15, 0.2) is 48.5 Å². The summed E-state index contributed by atoms with van der Waals surface area (Å²) in [6.07, 6.45) is 1.64. The van der Waals surface area contributed by atoms with Gasteiger partial charge in [0.05, 0.1) is 0 Å². The van der Waals surface area contributed by atoms with Crippen molar-refractivity contribution in [3.05, 3.63) is 74.7 Å². The summed E-state index contributed by atoms with van der Waals surface area (Å²) in [4.78, 5) is 24.3. The number of anilines is 1. The summed E-state index contributed by atoms with van der Waals surface area (Å²) in [6.45, 7) is 2.55. The van der Waals surface area contributed by atoms with Gasteiger partial charge in [0.2, 0.25) is 10.9 Å². The Labute approximate surface area is 178 Å². The third kappa shape index (κ3) is 6.66. The summed E-state index contributed by atoms with van der Waals surface area (Å²) in [5.74, 6) is -0.333. The number of carbonyl (C=O) groups is 2. The number of aryl methyl sites for hydroxylation is 2. The van der Waals surface area contributed by atoms with Gasteiger partial charge >= 0.3 is 0 Å². The fourth-order valence-corrected chi connectivity index (χ4v) is 3.56. The van der Waals surface area contributed by atoms with Crippen LogP contribution in [0, 0.1) is 6.92 Å². The second kappa shape index (κ2) is 10.1. The van der Waals surface area contributed by atoms with Crippen molar-refractivity contribution in [1.29, 1.82) is 0 Å². The number of carbonyl (C=O) groups excluding carboxylic acids is 2. The molecule has 0 aliphatic heterocycles. The molecule has 29 heavy (non-hydrogen) atoms. The number of amides is 2. The van der Waals surface area contributed by atoms with Crippen LogP contribution in [0.2, 0.25) is 5.02 Å². The van der Waals surface area contributed by atoms with Crippen molar-refractivity contribution < 1.29 is 9.59 Å². The van der Waals surface area contributed by atoms with Gasteiger partial charge in [-0.15, -0.1) is 10.2 Å². The molecular weight excluding hydrogens is 408 g/mol. The van der Waals surface area contributed by atoms with E-state index in [0.717, 1.165) is 10.6 Å². The van der Waals surface area contributed by atoms with Gasteiger partial charge in [0.25, 0.3) is 5.91 Å². The first kappa shape index (κ1) is 21.0. The minimum atomic E-state index is -0.327. The number of hydrogen-bond donors (Lipinski definition) is 2. The molecule has 0 aliphatic rings. The highest BCUT2D eigenvalue weighted by Gasteiger charge is 2.13. The normalized spacial score (nSPS) is 10.6. The first-order chi connectivity index (χ1) is 14.0. The molecule has 2 amide bonds. The van der Waals surface area contributed by atoms with Crippen molar-refractivity contribution >= 4 is 40.4 Å². The predicted octanol–water partition coefficient (Wildman–Crippen LogP) is 4.39. The van der Waals surface area contributed by atoms with Crippen LogP contribution in [0.4, 0.5) is 5.69 Å². The fraction of sp³-hybridized carbons (Fsp3) is 0.238. The molecule has 3 rings (SSSR count). The summed E-state index contributed by atoms with van der Waals surface area (Å²) < 4.78 is 0. The minimum absolute atomic E-state index is 0.00554. The Morgan fingerprint density at radius 2 is 1.90 bits per heavy atom. The Morgan fingerprint density at radius 3 is 2.66 bits per heavy atom. The molecule has 0 bridgehead atoms. The maximum Gasteiger partial charge on any atom is 0.286 e. The molecule has 0 fully saturated rings. The van der Waals surface area contributed by atoms with E-state index in [1.807, 2.05) is 31.2 Å². The summed E-state index contributed by atoms with van der Waals surface area (Å²) in [5, 5.41) is 15.2. The maximum absolute atomic E-state index is 12.3. The summed E-state index contributed by atoms with van der Waals surface area (Å²) in [6, 6.07) is 15.0. The molecule has 1 heterocycles. The average molecular weight is 429 g/mol. The largest absolute Gasteiger partial charge is 0.352 e. The Hall–Kier alpha value is -2.77. The average Bonchev–Trinajstić information content (AvgIpc) is 3.17. The van der Waals surface area contributed by atoms with Crippen LogP contribution in [0.3, 0.4) is 0 Å². The molecule has 8 heteroatoms. The van der Waals surface area contributed by atoms with Crippen molar-refractivity contribution in [3.8, 4) is 0 Å². The topological polar surface area (TPSA) is 84.0 Å². The predicted molar refractivity (Wildman–Crippen MR) is 115 cm³/mol. The van der Waals surface area contributed by atoms with Crippen LogP contribution < -0.4 is 10.6 Å². The van der Waals surface area contributed by atoms with Crippen LogP contribution >= 0.6 is 22.9 Å². The second-order valence-electron chi connectivity index (χ2n) is 6.58. The van der Waals surface area contributed by atoms with Crippen molar-refractivity contribution in [2.24, 2.45) is 0 Å². The molecule has 0 saturated heterocycles. The van der Waals surface area contributed by atoms with E-state index in [0.29, 0.717) is 36.5 Å². The van der Waals surface area contributed by atoms with Crippen molar-refractivity contribution in [3.63, 3.8) is 0 Å². The monoisotopic (exact) mass is 428 g/mol. The molecule has 0 atom stereocenters. The molecule has 0 spiro atoms. The molecule has 0 radical (unpaired) electrons. The van der Waals surface area contributed by atoms with Gasteiger partial charge < -0.3 is 10.6 Å². The highest BCUT2D eigenvalue weighted by atomic mass is 35.5. The van der Waals surface area contributed by atoms with Crippen LogP contribution in [-0.2, 0) is 17.8 Å². The highest BCUT2D eigenvalue weighted by Crippen LogP contribution is 2.18. The van der Waals surface area contributed by atoms with Gasteiger partial charge in [-0.3, -0.25) is 9.59 Å². The smallest absolute Gasteiger partial charge is 0.286 e. The van der Waals surface area contributed by atoms with Crippen LogP contribution in [0.25, 0.3) is 0 Å². The van der Waals surface area contributed by atoms with Crippen LogP contribution in [0.5, 0.6) is 0 Å². The van der Waals surface area contributed by atoms with Gasteiger partial charge in [-0.25, -0.2) is 0 Å². The van der Waals surface area contributed by atoms with E-state index in [9.17, 15) is 9.59 Å². The van der Waals surface area contributed by atoms with Gasteiger partial charge in [0, 0.05) is 30.1 Å². The third-order valence-corrected chi connectivity index (χ3v) is 5.37. The lowest BCUT2D eigenvalue weighted by Crippen LogP contribution is -2.22. The summed E-state index contributed by atoms with van der Waals surface area (Å²) in [5.41, 5.74) is 2.87. The van der Waals surface area contributed by atoms with Crippen molar-refractivity contribution in [2.45, 2.75) is 32.7 Å². The Kier molecular flexibility index (Phi) is 7.32. The fourth-order valence-electron chi connectivity index (χ4n) is 2.59. The van der Waals surface area contributed by atoms with Gasteiger partial charge in [-0.2, -0.15) is 0 Å². The zero-order chi connectivity index (χ0) is 20.6. The van der Waals surface area contributed by atoms with Crippen molar-refractivity contribution in [1.82, 2.24) is 15.5 Å². The highest BCUT2D eigenvalue weighted by molar-refractivity contribution is 7.13. The number of hydrogen-bond acceptors (Lipinski definition) is 5. The molecule has 150 valence electrons. The van der Waals surface area contributed by atoms with Gasteiger partial charge in [-0.05, 0) is 37.1 Å². The Bertz CT molecular complexity index is 988. The second-order valence-corrected chi connectivity index (χ2v) is 8.08. The SMILES string of the molecule is Cc1ccc(CNC(=O)CCCc2nnc(C(=O)Nc3cccc(Cl)c3)s2)cc1. The van der Waals surface area contributed by atoms with Crippen LogP contribution in [0.1, 0.15) is 38.8 Å². The zero-order valence-electron chi connectivity index (χ0n) is 15.9. The number of benzene rings is 2. The molecule has 0 saturated carbocycles. The minimum Gasteiger partial charge on any atom is -0.352 e. The molecule has 0 aliphatic carbocycles. The van der Waals surface area contributed by atoms with E-state index in [4.69, 9.17) is 11.6 Å². The molecule has 2 N–H and O–H groups in total. The first-order valence-electron chi connectivity index (χ1n) is 9.21. The molecule has 1 aromatic heterocycles. The van der Waals surface area contributed by atoms with Gasteiger partial charge in [0.1, 0.15) is 5.01 Å². The number of halogens is 1. The van der Waals surface area contributed by atoms with E-state index >= 15 is 0 Å². The van der Waals surface area contributed by atoms with E-state index in [2.05, 4.69) is 20.8 Å². The van der Waals surface area contributed by atoms with Crippen molar-refractivity contribution in [2.75, 3.05) is 5.32 Å². The Morgan fingerprint density at radius 1 is 1.10 bits per heavy atom. The van der Waals surface area contributed by atoms with Gasteiger partial charge in [0.15, 0.2) is 0 Å². The Balaban J connectivity index is 1.41. The lowest BCUT2D eigenvalue weighted by molar-refractivity contribution is -0.121. The van der Waals surface area contributed by atoms with E-state index in [1.165, 1.54) is 16.9 Å². The summed E-state index contributed by atoms with van der Waals surface area (Å²) in [7, 11) is 0. The lowest BCUT2D eigenvalue weighted by Gasteiger charge is -2.05. The molecule has 0 unspecified atom stereocenters. The van der Waals surface area contributed by atoms with Gasteiger partial charge in [-0.1, -0.05) is 58.8 Å². The zero-order valence-corrected chi connectivity index (χ0v) is 17.5. The first-order valence-corrected chi connectivity index (χ1v) is 10.4. The van der Waals surface area contributed by atoms with E-state index in [-0.39, 0.29) is 16.8 Å². The standard InChI is InChI=1S/C21H21ClN4O2S/c1-14-8-10-15(11-9-14)13-23-18(27)6-3-7-19-25-26-21(29-19)20(28)24-17-5-2-4-16(22)12-17/h2,4-5,8-12H,3,6-7,13H2,1H3,(H,23,27)(H,24,28). The number of nitrogens with one attached hydrogen (secondary N) is 2. The molecule has 3 aromatic rings. The molecule has 6 nitrogen and oxygen atoms in total. The number of aromatic nitrogens is 2. The quantitative estimate of drug-likeness (QED) is 0.557. The summed E-state index contributed by atoms with van der Waals surface area (Å²) >= 11 is 7.14.